The first kappa shape index (κ1) is 44.8. The largest absolute Gasteiger partial charge is 0.468 e. The van der Waals surface area contributed by atoms with Gasteiger partial charge in [0.05, 0.1) is 22.7 Å². The first-order valence-corrected chi connectivity index (χ1v) is 25.6. The second-order valence-corrected chi connectivity index (χ2v) is 23.5. The summed E-state index contributed by atoms with van der Waals surface area (Å²) in [4.78, 5) is 7.35. The van der Waals surface area contributed by atoms with Crippen molar-refractivity contribution in [2.45, 2.75) is 78.6 Å². The Morgan fingerprint density at radius 2 is 1.06 bits per heavy atom. The maximum atomic E-state index is 15.5. The lowest BCUT2D eigenvalue weighted by atomic mass is 9.38. The van der Waals surface area contributed by atoms with Crippen LogP contribution < -0.4 is 30.6 Å². The monoisotopic (exact) mass is 945 g/mol. The highest BCUT2D eigenvalue weighted by molar-refractivity contribution is 7.33. The van der Waals surface area contributed by atoms with Gasteiger partial charge in [-0.1, -0.05) is 153 Å². The highest BCUT2D eigenvalue weighted by atomic mass is 32.1. The Morgan fingerprint density at radius 3 is 1.68 bits per heavy atom. The molecule has 0 fully saturated rings. The van der Waals surface area contributed by atoms with Crippen molar-refractivity contribution in [2.24, 2.45) is 0 Å². The Hall–Kier alpha value is -7.35. The quantitative estimate of drug-likeness (QED) is 0.155. The SMILES string of the molecule is CC(C)(C)c1ccc(N2c3cc(N(c4ccccc4)c4ccccc4)cc4c3B(c3oc5cc(F)ccc5c32)c2sc3ccc(C(C)(C)C)cc3c2N4c2ccc(C(C)(C)C)cc2-c2ccccc2)cc1. The van der Waals surface area contributed by atoms with Gasteiger partial charge < -0.3 is 19.1 Å². The van der Waals surface area contributed by atoms with E-state index in [1.165, 1.54) is 31.6 Å². The molecular weight excluding hydrogens is 889 g/mol. The zero-order chi connectivity index (χ0) is 49.1. The molecule has 0 amide bonds. The van der Waals surface area contributed by atoms with E-state index in [2.05, 4.69) is 241 Å². The van der Waals surface area contributed by atoms with Crippen LogP contribution in [0.5, 0.6) is 0 Å². The predicted molar refractivity (Wildman–Crippen MR) is 302 cm³/mol. The maximum absolute atomic E-state index is 15.5. The third-order valence-corrected chi connectivity index (χ3v) is 15.8. The highest BCUT2D eigenvalue weighted by Crippen LogP contribution is 2.54. The molecule has 0 aliphatic carbocycles. The van der Waals surface area contributed by atoms with Gasteiger partial charge in [-0.25, -0.2) is 4.39 Å². The first-order valence-electron chi connectivity index (χ1n) is 24.8. The Balaban J connectivity index is 1.27. The van der Waals surface area contributed by atoms with Gasteiger partial charge in [-0.15, -0.1) is 11.3 Å². The topological polar surface area (TPSA) is 22.9 Å². The van der Waals surface area contributed by atoms with Gasteiger partial charge in [-0.3, -0.25) is 0 Å². The van der Waals surface area contributed by atoms with Gasteiger partial charge in [0.25, 0.3) is 0 Å². The Morgan fingerprint density at radius 1 is 0.493 bits per heavy atom. The van der Waals surface area contributed by atoms with Gasteiger partial charge in [0.2, 0.25) is 0 Å². The molecule has 0 N–H and O–H groups in total. The molecule has 0 unspecified atom stereocenters. The molecule has 8 aromatic carbocycles. The number of furan rings is 1. The van der Waals surface area contributed by atoms with Crippen molar-refractivity contribution in [3.63, 3.8) is 0 Å². The number of nitrogens with zero attached hydrogens (tertiary/aromatic N) is 3. The fourth-order valence-electron chi connectivity index (χ4n) is 10.8. The van der Waals surface area contributed by atoms with Crippen molar-refractivity contribution in [3.8, 4) is 11.1 Å². The number of para-hydroxylation sites is 2. The van der Waals surface area contributed by atoms with Crippen molar-refractivity contribution in [1.29, 1.82) is 0 Å². The normalized spacial score (nSPS) is 13.4. The summed E-state index contributed by atoms with van der Waals surface area (Å²) in [6.07, 6.45) is 0. The summed E-state index contributed by atoms with van der Waals surface area (Å²) in [5, 5.41) is 2.06. The molecule has 2 aliphatic rings. The van der Waals surface area contributed by atoms with Crippen LogP contribution in [0.25, 0.3) is 32.2 Å². The number of fused-ring (bicyclic) bond motifs is 8. The molecule has 4 heterocycles. The maximum Gasteiger partial charge on any atom is 0.309 e. The van der Waals surface area contributed by atoms with E-state index >= 15 is 4.39 Å². The summed E-state index contributed by atoms with van der Waals surface area (Å²) in [5.74, 6) is -0.328. The third-order valence-electron chi connectivity index (χ3n) is 14.5. The van der Waals surface area contributed by atoms with Crippen LogP contribution in [0, 0.1) is 5.82 Å². The minimum atomic E-state index is -0.328. The van der Waals surface area contributed by atoms with Crippen LogP contribution in [0.2, 0.25) is 0 Å². The zero-order valence-electron chi connectivity index (χ0n) is 41.9. The predicted octanol–water partition coefficient (Wildman–Crippen LogP) is 16.9. The van der Waals surface area contributed by atoms with Gasteiger partial charge in [-0.2, -0.15) is 0 Å². The summed E-state index contributed by atoms with van der Waals surface area (Å²) in [6.45, 7) is 20.2. The molecule has 0 atom stereocenters. The van der Waals surface area contributed by atoms with Crippen LogP contribution in [0.15, 0.2) is 186 Å². The number of thiophene rings is 1. The van der Waals surface area contributed by atoms with Crippen LogP contribution in [0.1, 0.15) is 79.0 Å². The summed E-state index contributed by atoms with van der Waals surface area (Å²) in [7, 11) is 0. The molecule has 4 nitrogen and oxygen atoms in total. The average Bonchev–Trinajstić information content (AvgIpc) is 3.92. The van der Waals surface area contributed by atoms with E-state index in [1.807, 2.05) is 17.4 Å². The van der Waals surface area contributed by atoms with Crippen LogP contribution in [0.3, 0.4) is 0 Å². The fraction of sp³-hybridized carbons (Fsp3) is 0.188. The van der Waals surface area contributed by atoms with Gasteiger partial charge in [0, 0.05) is 60.3 Å². The van der Waals surface area contributed by atoms with E-state index in [4.69, 9.17) is 4.42 Å². The molecule has 0 saturated heterocycles. The smallest absolute Gasteiger partial charge is 0.309 e. The molecule has 2 aromatic heterocycles. The van der Waals surface area contributed by atoms with Crippen molar-refractivity contribution in [1.82, 2.24) is 0 Å². The van der Waals surface area contributed by atoms with Gasteiger partial charge in [0.15, 0.2) is 0 Å². The lowest BCUT2D eigenvalue weighted by molar-refractivity contribution is 0.590. The lowest BCUT2D eigenvalue weighted by Crippen LogP contribution is -2.60. The van der Waals surface area contributed by atoms with Crippen LogP contribution in [0.4, 0.5) is 55.6 Å². The Bertz CT molecular complexity index is 3630. The van der Waals surface area contributed by atoms with E-state index in [0.717, 1.165) is 78.8 Å². The second-order valence-electron chi connectivity index (χ2n) is 22.4. The molecule has 0 saturated carbocycles. The number of rotatable bonds is 6. The van der Waals surface area contributed by atoms with Crippen LogP contribution >= 0.6 is 11.3 Å². The van der Waals surface area contributed by atoms with E-state index in [1.54, 1.807) is 12.1 Å². The minimum Gasteiger partial charge on any atom is -0.468 e. The lowest BCUT2D eigenvalue weighted by Gasteiger charge is -2.43. The van der Waals surface area contributed by atoms with Crippen molar-refractivity contribution < 1.29 is 8.81 Å². The zero-order valence-corrected chi connectivity index (χ0v) is 42.8. The number of anilines is 9. The highest BCUT2D eigenvalue weighted by Gasteiger charge is 2.49. The summed E-state index contributed by atoms with van der Waals surface area (Å²) < 4.78 is 25.1. The van der Waals surface area contributed by atoms with Gasteiger partial charge >= 0.3 is 6.71 Å². The molecule has 0 radical (unpaired) electrons. The molecule has 7 heteroatoms. The number of halogens is 1. The van der Waals surface area contributed by atoms with Gasteiger partial charge in [0.1, 0.15) is 17.1 Å². The van der Waals surface area contributed by atoms with E-state index in [9.17, 15) is 0 Å². The second kappa shape index (κ2) is 16.4. The molecular formula is C64H57BFN3OS. The summed E-state index contributed by atoms with van der Waals surface area (Å²) in [5.41, 5.74) is 17.7. The molecule has 12 rings (SSSR count). The van der Waals surface area contributed by atoms with Crippen molar-refractivity contribution in [2.75, 3.05) is 14.7 Å². The van der Waals surface area contributed by atoms with E-state index < -0.39 is 0 Å². The van der Waals surface area contributed by atoms with Crippen LogP contribution in [-0.2, 0) is 16.2 Å². The number of hydrogen-bond acceptors (Lipinski definition) is 5. The molecule has 2 aliphatic heterocycles. The van der Waals surface area contributed by atoms with E-state index in [-0.39, 0.29) is 28.8 Å². The standard InChI is InChI=1S/C64H57BFN3OS/c1-62(2,3)41-25-30-47(31-26-41)68-53-38-48(67(45-21-15-11-16-22-45)46-23-17-12-18-24-46)39-54-57(53)65(60-58(68)49-32-29-44(66)37-55(49)70-60)61-59(51-36-43(64(7,8)9)28-34-56(51)71-61)69(54)52-33-27-42(63(4,5)6)35-50(52)40-19-13-10-14-20-40/h10-39H,1-9H3. The number of benzene rings is 8. The number of hydrogen-bond donors (Lipinski definition) is 0. The average molecular weight is 946 g/mol. The Kier molecular flexibility index (Phi) is 10.3. The third kappa shape index (κ3) is 7.47. The molecule has 0 bridgehead atoms. The van der Waals surface area contributed by atoms with Crippen LogP contribution in [-0.4, -0.2) is 6.71 Å². The van der Waals surface area contributed by atoms with Gasteiger partial charge in [-0.05, 0) is 129 Å². The van der Waals surface area contributed by atoms with E-state index in [0.29, 0.717) is 5.58 Å². The molecule has 350 valence electrons. The Labute approximate surface area is 421 Å². The molecule has 71 heavy (non-hydrogen) atoms. The van der Waals surface area contributed by atoms with Crippen molar-refractivity contribution >= 4 is 106 Å². The molecule has 0 spiro atoms. The summed E-state index contributed by atoms with van der Waals surface area (Å²) >= 11 is 1.84. The minimum absolute atomic E-state index is 0.0502. The van der Waals surface area contributed by atoms with Crippen molar-refractivity contribution in [3.05, 3.63) is 204 Å². The first-order chi connectivity index (χ1) is 34.0. The fourth-order valence-corrected chi connectivity index (χ4v) is 12.1. The molecule has 10 aromatic rings. The summed E-state index contributed by atoms with van der Waals surface area (Å²) in [6, 6.07) is 65.2.